The zero-order valence-electron chi connectivity index (χ0n) is 8.38. The van der Waals surface area contributed by atoms with Crippen LogP contribution in [0, 0.1) is 0 Å². The number of hydrogen-bond acceptors (Lipinski definition) is 6. The molecule has 0 radical (unpaired) electrons. The van der Waals surface area contributed by atoms with E-state index in [-0.39, 0.29) is 5.95 Å². The summed E-state index contributed by atoms with van der Waals surface area (Å²) in [6.07, 6.45) is 4.86. The largest absolute Gasteiger partial charge is 0.434 e. The summed E-state index contributed by atoms with van der Waals surface area (Å²) in [5.74, 6) is 6.44. The van der Waals surface area contributed by atoms with E-state index in [2.05, 4.69) is 36.4 Å². The van der Waals surface area contributed by atoms with Crippen LogP contribution in [0.15, 0.2) is 23.1 Å². The van der Waals surface area contributed by atoms with Crippen LogP contribution in [-0.4, -0.2) is 19.7 Å². The van der Waals surface area contributed by atoms with Gasteiger partial charge in [0, 0.05) is 7.05 Å². The van der Waals surface area contributed by atoms with Crippen molar-refractivity contribution in [1.29, 1.82) is 0 Å². The molecule has 7 nitrogen and oxygen atoms in total. The third-order valence-corrected chi connectivity index (χ3v) is 2.28. The van der Waals surface area contributed by atoms with Gasteiger partial charge in [-0.3, -0.25) is 10.1 Å². The lowest BCUT2D eigenvalue weighted by molar-refractivity contribution is 0.458. The molecule has 0 aliphatic heterocycles. The SMILES string of the molecule is Cn1cc(Oc2nc(NN)ncc2Br)cn1. The fourth-order valence-corrected chi connectivity index (χ4v) is 1.33. The van der Waals surface area contributed by atoms with Crippen molar-refractivity contribution in [2.45, 2.75) is 0 Å². The Morgan fingerprint density at radius 1 is 1.50 bits per heavy atom. The molecule has 0 atom stereocenters. The number of hydrogen-bond donors (Lipinski definition) is 2. The molecular weight excluding hydrogens is 276 g/mol. The number of halogens is 1. The van der Waals surface area contributed by atoms with Gasteiger partial charge in [-0.1, -0.05) is 0 Å². The maximum absolute atomic E-state index is 5.50. The number of aromatic nitrogens is 4. The summed E-state index contributed by atoms with van der Waals surface area (Å²) in [5.41, 5.74) is 2.34. The van der Waals surface area contributed by atoms with Crippen LogP contribution in [0.3, 0.4) is 0 Å². The number of ether oxygens (including phenoxy) is 1. The molecule has 0 fully saturated rings. The molecule has 16 heavy (non-hydrogen) atoms. The maximum atomic E-state index is 5.50. The molecule has 0 unspecified atom stereocenters. The van der Waals surface area contributed by atoms with Gasteiger partial charge >= 0.3 is 0 Å². The molecule has 3 N–H and O–H groups in total. The van der Waals surface area contributed by atoms with Gasteiger partial charge in [0.15, 0.2) is 5.75 Å². The minimum absolute atomic E-state index is 0.280. The third-order valence-electron chi connectivity index (χ3n) is 1.74. The molecule has 0 aliphatic rings. The second-order valence-corrected chi connectivity index (χ2v) is 3.80. The number of hydrazine groups is 1. The molecule has 84 valence electrons. The van der Waals surface area contributed by atoms with Gasteiger partial charge < -0.3 is 4.74 Å². The van der Waals surface area contributed by atoms with Gasteiger partial charge in [0.1, 0.15) is 0 Å². The Kier molecular flexibility index (Phi) is 3.02. The smallest absolute Gasteiger partial charge is 0.240 e. The van der Waals surface area contributed by atoms with E-state index < -0.39 is 0 Å². The van der Waals surface area contributed by atoms with Crippen LogP contribution in [-0.2, 0) is 7.05 Å². The normalized spacial score (nSPS) is 10.2. The van der Waals surface area contributed by atoms with E-state index in [4.69, 9.17) is 10.6 Å². The van der Waals surface area contributed by atoms with Crippen LogP contribution < -0.4 is 16.0 Å². The Morgan fingerprint density at radius 3 is 2.94 bits per heavy atom. The van der Waals surface area contributed by atoms with Crippen LogP contribution in [0.4, 0.5) is 5.95 Å². The van der Waals surface area contributed by atoms with Crippen molar-refractivity contribution in [3.8, 4) is 11.6 Å². The number of nitrogens with one attached hydrogen (secondary N) is 1. The second-order valence-electron chi connectivity index (χ2n) is 2.94. The Morgan fingerprint density at radius 2 is 2.31 bits per heavy atom. The minimum Gasteiger partial charge on any atom is -0.434 e. The summed E-state index contributed by atoms with van der Waals surface area (Å²) in [6, 6.07) is 0. The van der Waals surface area contributed by atoms with Crippen LogP contribution in [0.25, 0.3) is 0 Å². The van der Waals surface area contributed by atoms with E-state index in [0.29, 0.717) is 16.1 Å². The summed E-state index contributed by atoms with van der Waals surface area (Å²) in [6.45, 7) is 0. The van der Waals surface area contributed by atoms with Gasteiger partial charge in [-0.05, 0) is 15.9 Å². The number of anilines is 1. The highest BCUT2D eigenvalue weighted by Gasteiger charge is 2.07. The summed E-state index contributed by atoms with van der Waals surface area (Å²) in [5, 5.41) is 3.98. The number of aryl methyl sites for hydroxylation is 1. The van der Waals surface area contributed by atoms with E-state index in [9.17, 15) is 0 Å². The van der Waals surface area contributed by atoms with Crippen LogP contribution in [0.1, 0.15) is 0 Å². The first-order chi connectivity index (χ1) is 7.69. The molecule has 2 aromatic heterocycles. The van der Waals surface area contributed by atoms with Crippen LogP contribution in [0.5, 0.6) is 11.6 Å². The predicted molar refractivity (Wildman–Crippen MR) is 60.8 cm³/mol. The predicted octanol–water partition coefficient (Wildman–Crippen LogP) is 1.05. The molecule has 2 heterocycles. The molecule has 0 aliphatic carbocycles. The maximum Gasteiger partial charge on any atom is 0.240 e. The Bertz CT molecular complexity index is 499. The first kappa shape index (κ1) is 10.8. The minimum atomic E-state index is 0.280. The third kappa shape index (κ3) is 2.28. The average Bonchev–Trinajstić information content (AvgIpc) is 2.67. The van der Waals surface area contributed by atoms with Gasteiger partial charge in [-0.25, -0.2) is 10.8 Å². The Balaban J connectivity index is 2.26. The second kappa shape index (κ2) is 4.45. The molecule has 0 spiro atoms. The van der Waals surface area contributed by atoms with Crippen molar-refractivity contribution in [3.05, 3.63) is 23.1 Å². The number of nitrogen functional groups attached to an aromatic ring is 1. The fraction of sp³-hybridized carbons (Fsp3) is 0.125. The van der Waals surface area contributed by atoms with Crippen LogP contribution >= 0.6 is 15.9 Å². The average molecular weight is 285 g/mol. The van der Waals surface area contributed by atoms with Crippen molar-refractivity contribution < 1.29 is 4.74 Å². The van der Waals surface area contributed by atoms with Crippen molar-refractivity contribution in [2.24, 2.45) is 12.9 Å². The van der Waals surface area contributed by atoms with Gasteiger partial charge in [-0.15, -0.1) is 0 Å². The molecular formula is C8H9BrN6O. The molecule has 2 aromatic rings. The molecule has 0 saturated carbocycles. The fourth-order valence-electron chi connectivity index (χ4n) is 1.06. The highest BCUT2D eigenvalue weighted by Crippen LogP contribution is 2.27. The highest BCUT2D eigenvalue weighted by atomic mass is 79.9. The quantitative estimate of drug-likeness (QED) is 0.647. The monoisotopic (exact) mass is 284 g/mol. The standard InChI is InChI=1S/C8H9BrN6O/c1-15-4-5(2-12-15)16-7-6(9)3-11-8(13-7)14-10/h2-4H,10H2,1H3,(H,11,13,14). The van der Waals surface area contributed by atoms with Crippen molar-refractivity contribution in [3.63, 3.8) is 0 Å². The van der Waals surface area contributed by atoms with Crippen molar-refractivity contribution in [2.75, 3.05) is 5.43 Å². The van der Waals surface area contributed by atoms with E-state index >= 15 is 0 Å². The zero-order valence-corrected chi connectivity index (χ0v) is 9.97. The lowest BCUT2D eigenvalue weighted by Crippen LogP contribution is -2.10. The molecule has 8 heteroatoms. The number of nitrogens with zero attached hydrogens (tertiary/aromatic N) is 4. The van der Waals surface area contributed by atoms with E-state index in [1.165, 1.54) is 0 Å². The zero-order chi connectivity index (χ0) is 11.5. The first-order valence-corrected chi connectivity index (χ1v) is 5.14. The topological polar surface area (TPSA) is 90.9 Å². The van der Waals surface area contributed by atoms with Gasteiger partial charge in [-0.2, -0.15) is 10.1 Å². The van der Waals surface area contributed by atoms with Gasteiger partial charge in [0.05, 0.1) is 23.1 Å². The lowest BCUT2D eigenvalue weighted by Gasteiger charge is -2.05. The van der Waals surface area contributed by atoms with Crippen LogP contribution in [0.2, 0.25) is 0 Å². The number of rotatable bonds is 3. The molecule has 0 saturated heterocycles. The van der Waals surface area contributed by atoms with Gasteiger partial charge in [0.2, 0.25) is 11.8 Å². The Hall–Kier alpha value is -1.67. The van der Waals surface area contributed by atoms with Crippen molar-refractivity contribution >= 4 is 21.9 Å². The lowest BCUT2D eigenvalue weighted by atomic mass is 10.6. The van der Waals surface area contributed by atoms with Gasteiger partial charge in [0.25, 0.3) is 0 Å². The molecule has 0 aromatic carbocycles. The van der Waals surface area contributed by atoms with E-state index in [0.717, 1.165) is 0 Å². The summed E-state index contributed by atoms with van der Waals surface area (Å²) >= 11 is 3.28. The highest BCUT2D eigenvalue weighted by molar-refractivity contribution is 9.10. The summed E-state index contributed by atoms with van der Waals surface area (Å²) in [4.78, 5) is 7.95. The van der Waals surface area contributed by atoms with E-state index in [1.54, 1.807) is 30.3 Å². The summed E-state index contributed by atoms with van der Waals surface area (Å²) in [7, 11) is 1.80. The molecule has 0 amide bonds. The molecule has 2 rings (SSSR count). The molecule has 0 bridgehead atoms. The van der Waals surface area contributed by atoms with E-state index in [1.807, 2.05) is 0 Å². The summed E-state index contributed by atoms with van der Waals surface area (Å²) < 4.78 is 7.76. The number of nitrogens with two attached hydrogens (primary N) is 1. The van der Waals surface area contributed by atoms with Crippen molar-refractivity contribution in [1.82, 2.24) is 19.7 Å². The first-order valence-electron chi connectivity index (χ1n) is 4.34. The Labute approximate surface area is 99.7 Å².